The largest absolute Gasteiger partial charge is 0.355 e. The molecular weight excluding hydrogens is 324 g/mol. The second kappa shape index (κ2) is 8.17. The molecule has 0 aliphatic heterocycles. The summed E-state index contributed by atoms with van der Waals surface area (Å²) in [6, 6.07) is 19.8. The van der Waals surface area contributed by atoms with Crippen molar-refractivity contribution in [2.75, 3.05) is 18.0 Å². The van der Waals surface area contributed by atoms with Gasteiger partial charge in [-0.15, -0.1) is 0 Å². The van der Waals surface area contributed by atoms with Crippen LogP contribution >= 0.6 is 0 Å². The van der Waals surface area contributed by atoms with Gasteiger partial charge in [-0.2, -0.15) is 0 Å². The summed E-state index contributed by atoms with van der Waals surface area (Å²) in [5, 5.41) is 2.98. The van der Waals surface area contributed by atoms with E-state index in [4.69, 9.17) is 0 Å². The Hall–Kier alpha value is -2.62. The predicted octanol–water partition coefficient (Wildman–Crippen LogP) is 3.57. The van der Waals surface area contributed by atoms with Crippen molar-refractivity contribution in [3.63, 3.8) is 0 Å². The van der Waals surface area contributed by atoms with Crippen LogP contribution in [0.5, 0.6) is 0 Å². The molecule has 1 fully saturated rings. The number of carbonyl (C=O) groups excluding carboxylic acids is 2. The van der Waals surface area contributed by atoms with Crippen molar-refractivity contribution in [2.45, 2.75) is 32.6 Å². The highest BCUT2D eigenvalue weighted by atomic mass is 16.2. The van der Waals surface area contributed by atoms with Gasteiger partial charge in [0.05, 0.1) is 0 Å². The summed E-state index contributed by atoms with van der Waals surface area (Å²) < 4.78 is 0. The Kier molecular flexibility index (Phi) is 5.71. The average molecular weight is 350 g/mol. The lowest BCUT2D eigenvalue weighted by Crippen LogP contribution is -2.45. The summed E-state index contributed by atoms with van der Waals surface area (Å²) in [6.45, 7) is 3.10. The standard InChI is InChI=1S/C22H26N2O2/c1-2-24(19-13-7-4-8-14-19)21(26)22(15-16-22)20(25)23-17-9-12-18-10-5-3-6-11-18/h3-8,10-11,13-14H,2,9,12,15-17H2,1H3,(H,23,25). The maximum atomic E-state index is 13.0. The van der Waals surface area contributed by atoms with E-state index >= 15 is 0 Å². The molecule has 1 aliphatic carbocycles. The first-order valence-electron chi connectivity index (χ1n) is 9.36. The second-order valence-electron chi connectivity index (χ2n) is 6.81. The van der Waals surface area contributed by atoms with Crippen molar-refractivity contribution in [1.82, 2.24) is 5.32 Å². The molecule has 0 atom stereocenters. The maximum Gasteiger partial charge on any atom is 0.242 e. The van der Waals surface area contributed by atoms with Gasteiger partial charge in [-0.05, 0) is 50.3 Å². The van der Waals surface area contributed by atoms with Gasteiger partial charge in [0, 0.05) is 18.8 Å². The third-order valence-corrected chi connectivity index (χ3v) is 4.99. The fraction of sp³-hybridized carbons (Fsp3) is 0.364. The predicted molar refractivity (Wildman–Crippen MR) is 104 cm³/mol. The first-order chi connectivity index (χ1) is 12.7. The Bertz CT molecular complexity index is 739. The maximum absolute atomic E-state index is 13.0. The Labute approximate surface area is 155 Å². The molecule has 1 N–H and O–H groups in total. The van der Waals surface area contributed by atoms with Gasteiger partial charge >= 0.3 is 0 Å². The van der Waals surface area contributed by atoms with Crippen molar-refractivity contribution >= 4 is 17.5 Å². The molecule has 4 nitrogen and oxygen atoms in total. The summed E-state index contributed by atoms with van der Waals surface area (Å²) in [4.78, 5) is 27.4. The molecule has 0 unspecified atom stereocenters. The minimum Gasteiger partial charge on any atom is -0.355 e. The molecule has 2 aromatic rings. The zero-order chi connectivity index (χ0) is 18.4. The van der Waals surface area contributed by atoms with Gasteiger partial charge < -0.3 is 10.2 Å². The number of para-hydroxylation sites is 1. The van der Waals surface area contributed by atoms with E-state index in [-0.39, 0.29) is 11.8 Å². The number of carbonyl (C=O) groups is 2. The number of benzene rings is 2. The van der Waals surface area contributed by atoms with Crippen LogP contribution in [0, 0.1) is 5.41 Å². The fourth-order valence-electron chi connectivity index (χ4n) is 3.28. The van der Waals surface area contributed by atoms with E-state index < -0.39 is 5.41 Å². The minimum atomic E-state index is -0.863. The summed E-state index contributed by atoms with van der Waals surface area (Å²) >= 11 is 0. The van der Waals surface area contributed by atoms with E-state index in [1.807, 2.05) is 55.5 Å². The van der Waals surface area contributed by atoms with Crippen LogP contribution in [-0.4, -0.2) is 24.9 Å². The third-order valence-electron chi connectivity index (χ3n) is 4.99. The molecular formula is C22H26N2O2. The van der Waals surface area contributed by atoms with Crippen molar-refractivity contribution in [3.05, 3.63) is 66.2 Å². The van der Waals surface area contributed by atoms with Crippen LogP contribution in [0.1, 0.15) is 31.7 Å². The zero-order valence-electron chi connectivity index (χ0n) is 15.3. The molecule has 2 amide bonds. The highest BCUT2D eigenvalue weighted by Crippen LogP contribution is 2.48. The number of aryl methyl sites for hydroxylation is 1. The Balaban J connectivity index is 1.55. The van der Waals surface area contributed by atoms with E-state index in [0.717, 1.165) is 18.5 Å². The van der Waals surface area contributed by atoms with E-state index in [0.29, 0.717) is 25.9 Å². The SMILES string of the molecule is CCN(C(=O)C1(C(=O)NCCCc2ccccc2)CC1)c1ccccc1. The number of hydrogen-bond donors (Lipinski definition) is 1. The Morgan fingerprint density at radius 1 is 1.00 bits per heavy atom. The van der Waals surface area contributed by atoms with Crippen molar-refractivity contribution in [2.24, 2.45) is 5.41 Å². The van der Waals surface area contributed by atoms with Gasteiger partial charge in [-0.25, -0.2) is 0 Å². The molecule has 0 bridgehead atoms. The van der Waals surface area contributed by atoms with Gasteiger partial charge in [-0.3, -0.25) is 9.59 Å². The van der Waals surface area contributed by atoms with Crippen LogP contribution < -0.4 is 10.2 Å². The van der Waals surface area contributed by atoms with Crippen LogP contribution in [0.2, 0.25) is 0 Å². The zero-order valence-corrected chi connectivity index (χ0v) is 15.3. The van der Waals surface area contributed by atoms with Gasteiger partial charge in [0.1, 0.15) is 5.41 Å². The molecule has 0 heterocycles. The van der Waals surface area contributed by atoms with Crippen molar-refractivity contribution in [1.29, 1.82) is 0 Å². The molecule has 4 heteroatoms. The van der Waals surface area contributed by atoms with E-state index in [2.05, 4.69) is 17.4 Å². The molecule has 0 radical (unpaired) electrons. The molecule has 0 aromatic heterocycles. The lowest BCUT2D eigenvalue weighted by atomic mass is 10.0. The summed E-state index contributed by atoms with van der Waals surface area (Å²) in [5.74, 6) is -0.197. The number of hydrogen-bond acceptors (Lipinski definition) is 2. The molecule has 3 rings (SSSR count). The second-order valence-corrected chi connectivity index (χ2v) is 6.81. The average Bonchev–Trinajstić information content (AvgIpc) is 3.49. The minimum absolute atomic E-state index is 0.0771. The normalized spacial score (nSPS) is 14.5. The number of amides is 2. The smallest absolute Gasteiger partial charge is 0.242 e. The topological polar surface area (TPSA) is 49.4 Å². The molecule has 1 saturated carbocycles. The van der Waals surface area contributed by atoms with E-state index in [1.165, 1.54) is 5.56 Å². The third kappa shape index (κ3) is 3.96. The molecule has 2 aromatic carbocycles. The van der Waals surface area contributed by atoms with E-state index in [9.17, 15) is 9.59 Å². The summed E-state index contributed by atoms with van der Waals surface area (Å²) in [7, 11) is 0. The van der Waals surface area contributed by atoms with Crippen LogP contribution in [0.3, 0.4) is 0 Å². The monoisotopic (exact) mass is 350 g/mol. The molecule has 0 saturated heterocycles. The van der Waals surface area contributed by atoms with Crippen LogP contribution in [0.25, 0.3) is 0 Å². The Morgan fingerprint density at radius 2 is 1.62 bits per heavy atom. The van der Waals surface area contributed by atoms with Gasteiger partial charge in [0.2, 0.25) is 11.8 Å². The molecule has 26 heavy (non-hydrogen) atoms. The van der Waals surface area contributed by atoms with Crippen LogP contribution in [0.15, 0.2) is 60.7 Å². The Morgan fingerprint density at radius 3 is 2.19 bits per heavy atom. The van der Waals surface area contributed by atoms with Gasteiger partial charge in [0.25, 0.3) is 0 Å². The van der Waals surface area contributed by atoms with Crippen LogP contribution in [0.4, 0.5) is 5.69 Å². The first-order valence-corrected chi connectivity index (χ1v) is 9.36. The van der Waals surface area contributed by atoms with E-state index in [1.54, 1.807) is 4.90 Å². The van der Waals surface area contributed by atoms with Crippen LogP contribution in [-0.2, 0) is 16.0 Å². The summed E-state index contributed by atoms with van der Waals surface area (Å²) in [5.41, 5.74) is 1.25. The quantitative estimate of drug-likeness (QED) is 0.584. The highest BCUT2D eigenvalue weighted by Gasteiger charge is 2.57. The fourth-order valence-corrected chi connectivity index (χ4v) is 3.28. The first kappa shape index (κ1) is 18.2. The summed E-state index contributed by atoms with van der Waals surface area (Å²) in [6.07, 6.45) is 3.07. The highest BCUT2D eigenvalue weighted by molar-refractivity contribution is 6.14. The number of anilines is 1. The number of rotatable bonds is 8. The van der Waals surface area contributed by atoms with Gasteiger partial charge in [-0.1, -0.05) is 48.5 Å². The molecule has 1 aliphatic rings. The lowest BCUT2D eigenvalue weighted by Gasteiger charge is -2.26. The van der Waals surface area contributed by atoms with Gasteiger partial charge in [0.15, 0.2) is 0 Å². The van der Waals surface area contributed by atoms with Crippen molar-refractivity contribution < 1.29 is 9.59 Å². The number of nitrogens with one attached hydrogen (secondary N) is 1. The molecule has 0 spiro atoms. The van der Waals surface area contributed by atoms with Crippen molar-refractivity contribution in [3.8, 4) is 0 Å². The molecule has 136 valence electrons. The number of nitrogens with zero attached hydrogens (tertiary/aromatic N) is 1. The lowest BCUT2D eigenvalue weighted by molar-refractivity contribution is -0.135.